The summed E-state index contributed by atoms with van der Waals surface area (Å²) in [7, 11) is 1.85. The number of benzene rings is 1. The minimum Gasteiger partial charge on any atom is -0.481 e. The quantitative estimate of drug-likeness (QED) is 0.917. The van der Waals surface area contributed by atoms with Gasteiger partial charge in [-0.2, -0.15) is 5.10 Å². The monoisotopic (exact) mass is 258 g/mol. The summed E-state index contributed by atoms with van der Waals surface area (Å²) in [6.07, 6.45) is 2.43. The van der Waals surface area contributed by atoms with Crippen LogP contribution in [0.4, 0.5) is 0 Å². The van der Waals surface area contributed by atoms with Gasteiger partial charge >= 0.3 is 5.97 Å². The highest BCUT2D eigenvalue weighted by Crippen LogP contribution is 2.28. The number of hydrogen-bond acceptors (Lipinski definition) is 2. The summed E-state index contributed by atoms with van der Waals surface area (Å²) in [5.41, 5.74) is 5.52. The molecule has 1 aromatic carbocycles. The average molecular weight is 258 g/mol. The molecule has 1 heterocycles. The Bertz CT molecular complexity index is 615. The van der Waals surface area contributed by atoms with Crippen molar-refractivity contribution in [1.82, 2.24) is 9.78 Å². The number of nitrogens with zero attached hydrogens (tertiary/aromatic N) is 2. The number of aliphatic carboxylic acids is 1. The maximum atomic E-state index is 10.7. The van der Waals surface area contributed by atoms with E-state index >= 15 is 0 Å². The van der Waals surface area contributed by atoms with Gasteiger partial charge in [-0.3, -0.25) is 9.48 Å². The third kappa shape index (κ3) is 2.84. The number of rotatable bonds is 4. The Balaban J connectivity index is 2.42. The van der Waals surface area contributed by atoms with Crippen molar-refractivity contribution in [3.63, 3.8) is 0 Å². The van der Waals surface area contributed by atoms with Crippen LogP contribution in [0.1, 0.15) is 23.2 Å². The fourth-order valence-electron chi connectivity index (χ4n) is 2.33. The predicted octanol–water partition coefficient (Wildman–Crippen LogP) is 2.72. The van der Waals surface area contributed by atoms with Gasteiger partial charge in [-0.25, -0.2) is 0 Å². The Hall–Kier alpha value is -2.10. The van der Waals surface area contributed by atoms with E-state index in [1.54, 1.807) is 4.68 Å². The molecule has 0 radical (unpaired) electrons. The lowest BCUT2D eigenvalue weighted by molar-refractivity contribution is -0.136. The van der Waals surface area contributed by atoms with Crippen LogP contribution < -0.4 is 0 Å². The van der Waals surface area contributed by atoms with E-state index in [1.807, 2.05) is 13.2 Å². The fourth-order valence-corrected chi connectivity index (χ4v) is 2.33. The molecule has 100 valence electrons. The van der Waals surface area contributed by atoms with Crippen LogP contribution in [0.3, 0.4) is 0 Å². The molecule has 1 N–H and O–H groups in total. The molecule has 4 heteroatoms. The van der Waals surface area contributed by atoms with Crippen molar-refractivity contribution < 1.29 is 9.90 Å². The summed E-state index contributed by atoms with van der Waals surface area (Å²) in [6.45, 7) is 4.13. The van der Waals surface area contributed by atoms with Gasteiger partial charge in [0.2, 0.25) is 0 Å². The zero-order valence-corrected chi connectivity index (χ0v) is 11.5. The Labute approximate surface area is 112 Å². The summed E-state index contributed by atoms with van der Waals surface area (Å²) >= 11 is 0. The lowest BCUT2D eigenvalue weighted by Gasteiger charge is -2.08. The van der Waals surface area contributed by atoms with Crippen LogP contribution in [-0.4, -0.2) is 20.9 Å². The second-order valence-corrected chi connectivity index (χ2v) is 4.84. The zero-order valence-electron chi connectivity index (χ0n) is 11.5. The van der Waals surface area contributed by atoms with Crippen molar-refractivity contribution in [2.24, 2.45) is 7.05 Å². The molecule has 0 aliphatic carbocycles. The summed E-state index contributed by atoms with van der Waals surface area (Å²) < 4.78 is 1.76. The summed E-state index contributed by atoms with van der Waals surface area (Å²) in [5, 5.41) is 13.1. The number of carboxylic acid groups (broad SMARTS) is 1. The van der Waals surface area contributed by atoms with Gasteiger partial charge in [0.25, 0.3) is 0 Å². The Morgan fingerprint density at radius 3 is 2.68 bits per heavy atom. The van der Waals surface area contributed by atoms with E-state index in [0.717, 1.165) is 16.8 Å². The molecule has 0 aliphatic heterocycles. The molecule has 0 unspecified atom stereocenters. The smallest absolute Gasteiger partial charge is 0.303 e. The molecule has 1 aromatic heterocycles. The normalized spacial score (nSPS) is 10.7. The van der Waals surface area contributed by atoms with Gasteiger partial charge in [-0.1, -0.05) is 23.8 Å². The summed E-state index contributed by atoms with van der Waals surface area (Å²) in [4.78, 5) is 10.7. The molecule has 2 aromatic rings. The van der Waals surface area contributed by atoms with Crippen molar-refractivity contribution in [2.75, 3.05) is 0 Å². The maximum absolute atomic E-state index is 10.7. The number of carboxylic acids is 1. The topological polar surface area (TPSA) is 55.1 Å². The van der Waals surface area contributed by atoms with Gasteiger partial charge in [0, 0.05) is 24.7 Å². The van der Waals surface area contributed by atoms with Gasteiger partial charge in [0.1, 0.15) is 0 Å². The number of aryl methyl sites for hydroxylation is 3. The van der Waals surface area contributed by atoms with E-state index < -0.39 is 5.97 Å². The summed E-state index contributed by atoms with van der Waals surface area (Å²) in [6, 6.07) is 6.27. The largest absolute Gasteiger partial charge is 0.481 e. The second kappa shape index (κ2) is 5.26. The van der Waals surface area contributed by atoms with E-state index in [-0.39, 0.29) is 6.42 Å². The molecule has 0 bridgehead atoms. The lowest BCUT2D eigenvalue weighted by atomic mass is 9.98. The highest BCUT2D eigenvalue weighted by molar-refractivity contribution is 5.71. The van der Waals surface area contributed by atoms with Crippen molar-refractivity contribution >= 4 is 5.97 Å². The average Bonchev–Trinajstić information content (AvgIpc) is 2.68. The maximum Gasteiger partial charge on any atom is 0.303 e. The molecular weight excluding hydrogens is 240 g/mol. The summed E-state index contributed by atoms with van der Waals surface area (Å²) in [5.74, 6) is -0.784. The van der Waals surface area contributed by atoms with E-state index in [9.17, 15) is 4.79 Å². The van der Waals surface area contributed by atoms with Crippen LogP contribution >= 0.6 is 0 Å². The molecular formula is C15H18N2O2. The molecule has 0 spiro atoms. The first-order chi connectivity index (χ1) is 8.99. The fraction of sp³-hybridized carbons (Fsp3) is 0.333. The first-order valence-electron chi connectivity index (χ1n) is 6.29. The SMILES string of the molecule is Cc1ccc(-c2cnn(C)c2CCC(=O)O)c(C)c1. The van der Waals surface area contributed by atoms with E-state index in [0.29, 0.717) is 6.42 Å². The Morgan fingerprint density at radius 2 is 2.05 bits per heavy atom. The van der Waals surface area contributed by atoms with E-state index in [1.165, 1.54) is 11.1 Å². The first kappa shape index (κ1) is 13.3. The second-order valence-electron chi connectivity index (χ2n) is 4.84. The zero-order chi connectivity index (χ0) is 14.0. The third-order valence-electron chi connectivity index (χ3n) is 3.31. The molecule has 0 atom stereocenters. The molecule has 0 saturated heterocycles. The van der Waals surface area contributed by atoms with Crippen molar-refractivity contribution in [1.29, 1.82) is 0 Å². The van der Waals surface area contributed by atoms with Crippen LogP contribution in [-0.2, 0) is 18.3 Å². The minimum atomic E-state index is -0.784. The number of aromatic nitrogens is 2. The predicted molar refractivity (Wildman–Crippen MR) is 74.1 cm³/mol. The van der Waals surface area contributed by atoms with Crippen molar-refractivity contribution in [3.8, 4) is 11.1 Å². The standard InChI is InChI=1S/C15H18N2O2/c1-10-4-5-12(11(2)8-10)13-9-16-17(3)14(13)6-7-15(18)19/h4-5,8-9H,6-7H2,1-3H3,(H,18,19). The number of carbonyl (C=O) groups is 1. The molecule has 2 rings (SSSR count). The third-order valence-corrected chi connectivity index (χ3v) is 3.31. The molecule has 0 saturated carbocycles. The van der Waals surface area contributed by atoms with Crippen LogP contribution in [0.15, 0.2) is 24.4 Å². The van der Waals surface area contributed by atoms with Gasteiger partial charge in [0.15, 0.2) is 0 Å². The van der Waals surface area contributed by atoms with Gasteiger partial charge in [-0.15, -0.1) is 0 Å². The van der Waals surface area contributed by atoms with Crippen LogP contribution in [0.2, 0.25) is 0 Å². The first-order valence-corrected chi connectivity index (χ1v) is 6.29. The highest BCUT2D eigenvalue weighted by atomic mass is 16.4. The van der Waals surface area contributed by atoms with Crippen molar-refractivity contribution in [3.05, 3.63) is 41.2 Å². The number of hydrogen-bond donors (Lipinski definition) is 1. The Morgan fingerprint density at radius 1 is 1.32 bits per heavy atom. The van der Waals surface area contributed by atoms with Crippen LogP contribution in [0.25, 0.3) is 11.1 Å². The van der Waals surface area contributed by atoms with Crippen LogP contribution in [0.5, 0.6) is 0 Å². The lowest BCUT2D eigenvalue weighted by Crippen LogP contribution is -2.04. The van der Waals surface area contributed by atoms with Gasteiger partial charge in [0.05, 0.1) is 12.6 Å². The minimum absolute atomic E-state index is 0.122. The van der Waals surface area contributed by atoms with Crippen molar-refractivity contribution in [2.45, 2.75) is 26.7 Å². The molecule has 19 heavy (non-hydrogen) atoms. The van der Waals surface area contributed by atoms with Gasteiger partial charge in [-0.05, 0) is 25.0 Å². The molecule has 0 aliphatic rings. The van der Waals surface area contributed by atoms with Gasteiger partial charge < -0.3 is 5.11 Å². The Kier molecular flexibility index (Phi) is 3.69. The molecule has 0 amide bonds. The molecule has 0 fully saturated rings. The highest BCUT2D eigenvalue weighted by Gasteiger charge is 2.13. The molecule has 4 nitrogen and oxygen atoms in total. The van der Waals surface area contributed by atoms with E-state index in [2.05, 4.69) is 37.1 Å². The van der Waals surface area contributed by atoms with E-state index in [4.69, 9.17) is 5.11 Å². The van der Waals surface area contributed by atoms with Crippen LogP contribution in [0, 0.1) is 13.8 Å².